The van der Waals surface area contributed by atoms with E-state index in [4.69, 9.17) is 9.05 Å². The zero-order chi connectivity index (χ0) is 68.3. The van der Waals surface area contributed by atoms with Crippen molar-refractivity contribution in [2.24, 2.45) is 0 Å². The zero-order valence-corrected chi connectivity index (χ0v) is 65.6. The summed E-state index contributed by atoms with van der Waals surface area (Å²) in [4.78, 5) is 25.7. The van der Waals surface area contributed by atoms with Gasteiger partial charge in [-0.1, -0.05) is 463 Å². The summed E-state index contributed by atoms with van der Waals surface area (Å²) in [5.41, 5.74) is 0. The topological polar surface area (TPSA) is 108 Å². The summed E-state index contributed by atoms with van der Waals surface area (Å²) >= 11 is 0. The lowest BCUT2D eigenvalue weighted by Gasteiger charge is -2.29. The van der Waals surface area contributed by atoms with E-state index in [1.807, 2.05) is 27.2 Å². The number of unbranched alkanes of at least 4 members (excludes halogenated alkanes) is 69. The van der Waals surface area contributed by atoms with Crippen molar-refractivity contribution in [1.29, 1.82) is 0 Å². The number of likely N-dealkylation sites (N-methyl/N-ethyl adjacent to an activating group) is 1. The predicted octanol–water partition coefficient (Wildman–Crippen LogP) is 27.7. The van der Waals surface area contributed by atoms with Crippen LogP contribution >= 0.6 is 7.82 Å². The number of allylic oxidation sites excluding steroid dienone is 1. The highest BCUT2D eigenvalue weighted by atomic mass is 31.2. The predicted molar refractivity (Wildman–Crippen MR) is 413 cm³/mol. The second-order valence-electron chi connectivity index (χ2n) is 31.3. The molecule has 0 aromatic carbocycles. The first-order valence-corrected chi connectivity index (χ1v) is 44.5. The Bertz CT molecular complexity index is 1540. The van der Waals surface area contributed by atoms with Gasteiger partial charge in [-0.15, -0.1) is 0 Å². The number of quaternary nitrogens is 1. The molecule has 0 aliphatic heterocycles. The maximum Gasteiger partial charge on any atom is 0.268 e. The number of aliphatic hydroxyl groups excluding tert-OH is 1. The summed E-state index contributed by atoms with van der Waals surface area (Å²) in [6, 6.07) is -0.885. The largest absolute Gasteiger partial charge is 0.756 e. The van der Waals surface area contributed by atoms with Crippen molar-refractivity contribution in [3.8, 4) is 0 Å². The molecule has 0 aromatic heterocycles. The van der Waals surface area contributed by atoms with Crippen LogP contribution in [0, 0.1) is 0 Å². The highest BCUT2D eigenvalue weighted by Crippen LogP contribution is 2.38. The molecule has 562 valence electrons. The van der Waals surface area contributed by atoms with Crippen molar-refractivity contribution >= 4 is 13.7 Å². The molecular weight excluding hydrogens is 1180 g/mol. The van der Waals surface area contributed by atoms with Crippen LogP contribution in [0.25, 0.3) is 0 Å². The lowest BCUT2D eigenvalue weighted by atomic mass is 10.0. The molecule has 0 aromatic rings. The number of carbonyl (C=O) groups excluding carboxylic acids is 1. The van der Waals surface area contributed by atoms with E-state index in [2.05, 4.69) is 19.2 Å². The van der Waals surface area contributed by atoms with Gasteiger partial charge in [-0.3, -0.25) is 9.36 Å². The molecule has 0 saturated carbocycles. The van der Waals surface area contributed by atoms with Crippen LogP contribution in [-0.4, -0.2) is 68.5 Å². The molecule has 0 radical (unpaired) electrons. The van der Waals surface area contributed by atoms with Crippen molar-refractivity contribution in [2.45, 2.75) is 488 Å². The molecular formula is C85H171N2O6P. The Labute approximate surface area is 590 Å². The summed E-state index contributed by atoms with van der Waals surface area (Å²) in [7, 11) is 1.29. The second kappa shape index (κ2) is 76.4. The van der Waals surface area contributed by atoms with E-state index in [1.54, 1.807) is 6.08 Å². The van der Waals surface area contributed by atoms with E-state index in [0.717, 1.165) is 38.5 Å². The van der Waals surface area contributed by atoms with Crippen LogP contribution in [-0.2, 0) is 18.4 Å². The Morgan fingerprint density at radius 1 is 0.362 bits per heavy atom. The first-order valence-electron chi connectivity index (χ1n) is 43.1. The van der Waals surface area contributed by atoms with Crippen LogP contribution in [0.4, 0.5) is 0 Å². The maximum atomic E-state index is 13.1. The number of nitrogens with one attached hydrogen (secondary N) is 1. The third kappa shape index (κ3) is 78.6. The van der Waals surface area contributed by atoms with Gasteiger partial charge in [-0.05, 0) is 19.3 Å². The zero-order valence-electron chi connectivity index (χ0n) is 64.7. The molecule has 0 heterocycles. The lowest BCUT2D eigenvalue weighted by Crippen LogP contribution is -2.45. The summed E-state index contributed by atoms with van der Waals surface area (Å²) in [6.45, 7) is 4.74. The van der Waals surface area contributed by atoms with Gasteiger partial charge >= 0.3 is 0 Å². The van der Waals surface area contributed by atoms with E-state index in [9.17, 15) is 19.4 Å². The normalized spacial score (nSPS) is 13.4. The highest BCUT2D eigenvalue weighted by molar-refractivity contribution is 7.45. The molecule has 0 bridgehead atoms. The van der Waals surface area contributed by atoms with Crippen LogP contribution < -0.4 is 10.2 Å². The van der Waals surface area contributed by atoms with Crippen molar-refractivity contribution in [3.05, 3.63) is 12.2 Å². The summed E-state index contributed by atoms with van der Waals surface area (Å²) in [5, 5.41) is 14.0. The minimum absolute atomic E-state index is 0.00323. The van der Waals surface area contributed by atoms with Crippen molar-refractivity contribution in [3.63, 3.8) is 0 Å². The minimum Gasteiger partial charge on any atom is -0.756 e. The Morgan fingerprint density at radius 3 is 0.798 bits per heavy atom. The third-order valence-electron chi connectivity index (χ3n) is 20.5. The standard InChI is InChI=1S/C85H171N2O6P/c1-6-8-10-12-14-16-18-20-22-24-26-28-30-32-34-36-38-40-41-42-43-44-45-46-47-49-51-53-55-57-59-61-63-65-67-69-71-73-75-77-79-85(89)86-83(82-93-94(90,91)92-81-80-87(3,4)5)84(88)78-76-74-72-70-68-66-64-62-60-58-56-54-52-50-48-39-37-35-33-31-29-27-25-23-21-19-17-15-13-11-9-7-2/h76,78,83-84,88H,6-75,77,79-82H2,1-5H3,(H-,86,89,90,91)/b78-76+. The number of amides is 1. The number of nitrogens with zero attached hydrogens (tertiary/aromatic N) is 1. The van der Waals surface area contributed by atoms with E-state index in [0.29, 0.717) is 17.4 Å². The molecule has 2 N–H and O–H groups in total. The molecule has 0 aliphatic carbocycles. The molecule has 0 saturated heterocycles. The van der Waals surface area contributed by atoms with Crippen molar-refractivity contribution in [2.75, 3.05) is 40.9 Å². The van der Waals surface area contributed by atoms with E-state index >= 15 is 0 Å². The average Bonchev–Trinajstić information content (AvgIpc) is 1.27. The Kier molecular flexibility index (Phi) is 75.8. The van der Waals surface area contributed by atoms with Crippen LogP contribution in [0.2, 0.25) is 0 Å². The van der Waals surface area contributed by atoms with Gasteiger partial charge in [-0.25, -0.2) is 0 Å². The molecule has 0 rings (SSSR count). The van der Waals surface area contributed by atoms with E-state index in [-0.39, 0.29) is 19.1 Å². The number of phosphoric acid groups is 1. The monoisotopic (exact) mass is 1350 g/mol. The third-order valence-corrected chi connectivity index (χ3v) is 21.5. The average molecular weight is 1350 g/mol. The molecule has 8 nitrogen and oxygen atoms in total. The van der Waals surface area contributed by atoms with Gasteiger partial charge in [0.05, 0.1) is 39.9 Å². The van der Waals surface area contributed by atoms with Crippen LogP contribution in [0.15, 0.2) is 12.2 Å². The lowest BCUT2D eigenvalue weighted by molar-refractivity contribution is -0.870. The van der Waals surface area contributed by atoms with Gasteiger partial charge in [-0.2, -0.15) is 0 Å². The second-order valence-corrected chi connectivity index (χ2v) is 32.7. The quantitative estimate of drug-likeness (QED) is 0.0272. The summed E-state index contributed by atoms with van der Waals surface area (Å²) in [6.07, 6.45) is 101. The molecule has 0 spiro atoms. The van der Waals surface area contributed by atoms with Crippen molar-refractivity contribution < 1.29 is 32.9 Å². The summed E-state index contributed by atoms with van der Waals surface area (Å²) in [5.74, 6) is -0.185. The Hall–Kier alpha value is -0.760. The molecule has 94 heavy (non-hydrogen) atoms. The van der Waals surface area contributed by atoms with E-state index < -0.39 is 20.0 Å². The molecule has 3 unspecified atom stereocenters. The first-order chi connectivity index (χ1) is 46.0. The van der Waals surface area contributed by atoms with Gasteiger partial charge in [0, 0.05) is 6.42 Å². The molecule has 9 heteroatoms. The molecule has 0 fully saturated rings. The first kappa shape index (κ1) is 93.2. The van der Waals surface area contributed by atoms with Crippen LogP contribution in [0.1, 0.15) is 476 Å². The number of phosphoric ester groups is 1. The van der Waals surface area contributed by atoms with E-state index in [1.165, 1.54) is 417 Å². The van der Waals surface area contributed by atoms with Crippen molar-refractivity contribution in [1.82, 2.24) is 5.32 Å². The number of rotatable bonds is 82. The van der Waals surface area contributed by atoms with Crippen LogP contribution in [0.3, 0.4) is 0 Å². The van der Waals surface area contributed by atoms with Gasteiger partial charge in [0.2, 0.25) is 5.91 Å². The highest BCUT2D eigenvalue weighted by Gasteiger charge is 2.23. The molecule has 0 aliphatic rings. The molecule has 1 amide bonds. The number of hydrogen-bond acceptors (Lipinski definition) is 6. The fourth-order valence-electron chi connectivity index (χ4n) is 13.9. The van der Waals surface area contributed by atoms with Gasteiger partial charge in [0.15, 0.2) is 0 Å². The SMILES string of the molecule is CCCCCCCCCCCCCCCCCCCCCCCCCCCCCCCC/C=C/C(O)C(COP(=O)([O-])OCC[N+](C)(C)C)NC(=O)CCCCCCCCCCCCCCCCCCCCCCCCCCCCCCCCCCCCCCCCCC. The fourth-order valence-corrected chi connectivity index (χ4v) is 14.6. The number of carbonyl (C=O) groups is 1. The minimum atomic E-state index is -4.61. The van der Waals surface area contributed by atoms with Gasteiger partial charge in [0.25, 0.3) is 7.82 Å². The smallest absolute Gasteiger partial charge is 0.268 e. The fraction of sp³-hybridized carbons (Fsp3) is 0.965. The Balaban J connectivity index is 3.87. The molecule has 3 atom stereocenters. The van der Waals surface area contributed by atoms with Gasteiger partial charge in [0.1, 0.15) is 13.2 Å². The summed E-state index contributed by atoms with van der Waals surface area (Å²) < 4.78 is 23.6. The van der Waals surface area contributed by atoms with Gasteiger partial charge < -0.3 is 28.8 Å². The van der Waals surface area contributed by atoms with Crippen LogP contribution in [0.5, 0.6) is 0 Å². The number of aliphatic hydroxyl groups is 1. The maximum absolute atomic E-state index is 13.1. The number of hydrogen-bond donors (Lipinski definition) is 2. The Morgan fingerprint density at radius 2 is 0.574 bits per heavy atom.